The van der Waals surface area contributed by atoms with Gasteiger partial charge in [-0.05, 0) is 43.7 Å². The fraction of sp³-hybridized carbons (Fsp3) is 0.200. The molecule has 0 aliphatic heterocycles. The van der Waals surface area contributed by atoms with Crippen molar-refractivity contribution < 1.29 is 9.53 Å². The predicted molar refractivity (Wildman–Crippen MR) is 77.2 cm³/mol. The van der Waals surface area contributed by atoms with E-state index in [-0.39, 0.29) is 5.97 Å². The zero-order valence-electron chi connectivity index (χ0n) is 10.8. The maximum Gasteiger partial charge on any atom is 0.330 e. The van der Waals surface area contributed by atoms with Crippen LogP contribution in [0.25, 0.3) is 17.0 Å². The molecule has 0 amide bonds. The van der Waals surface area contributed by atoms with Crippen LogP contribution < -0.4 is 0 Å². The molecule has 1 aromatic carbocycles. The topological polar surface area (TPSA) is 39.2 Å². The third kappa shape index (κ3) is 3.32. The predicted octanol–water partition coefficient (Wildman–Crippen LogP) is 3.77. The van der Waals surface area contributed by atoms with Crippen molar-refractivity contribution in [3.8, 4) is 0 Å². The number of aromatic nitrogens is 1. The Kier molecular flexibility index (Phi) is 4.17. The minimum atomic E-state index is -0.374. The molecule has 2 aromatic rings. The molecule has 0 atom stereocenters. The van der Waals surface area contributed by atoms with E-state index in [0.29, 0.717) is 11.6 Å². The number of ether oxygens (including phenoxy) is 1. The van der Waals surface area contributed by atoms with Gasteiger partial charge in [0.05, 0.1) is 12.1 Å². The molecular formula is C15H14ClNO2. The van der Waals surface area contributed by atoms with Crippen LogP contribution in [0.2, 0.25) is 5.02 Å². The number of carbonyl (C=O) groups excluding carboxylic acids is 1. The maximum atomic E-state index is 11.3. The minimum absolute atomic E-state index is 0.359. The number of pyridine rings is 1. The number of esters is 1. The number of rotatable bonds is 3. The average molecular weight is 276 g/mol. The zero-order chi connectivity index (χ0) is 13.8. The van der Waals surface area contributed by atoms with Gasteiger partial charge in [-0.1, -0.05) is 17.7 Å². The molecule has 0 unspecified atom stereocenters. The highest BCUT2D eigenvalue weighted by molar-refractivity contribution is 6.32. The van der Waals surface area contributed by atoms with Crippen molar-refractivity contribution in [2.24, 2.45) is 0 Å². The molecule has 0 fully saturated rings. The molecule has 1 aromatic heterocycles. The van der Waals surface area contributed by atoms with E-state index in [9.17, 15) is 4.79 Å². The Balaban J connectivity index is 2.36. The van der Waals surface area contributed by atoms with E-state index in [0.717, 1.165) is 22.2 Å². The molecule has 2 rings (SSSR count). The van der Waals surface area contributed by atoms with Gasteiger partial charge in [-0.2, -0.15) is 0 Å². The van der Waals surface area contributed by atoms with E-state index in [1.54, 1.807) is 19.1 Å². The summed E-state index contributed by atoms with van der Waals surface area (Å²) >= 11 is 6.17. The average Bonchev–Trinajstić information content (AvgIpc) is 2.36. The summed E-state index contributed by atoms with van der Waals surface area (Å²) in [6, 6.07) is 7.62. The SMILES string of the molecule is CCOC(=O)/C=C/c1cc2ccc(C)nc2cc1Cl. The highest BCUT2D eigenvalue weighted by atomic mass is 35.5. The summed E-state index contributed by atoms with van der Waals surface area (Å²) in [5.41, 5.74) is 2.56. The van der Waals surface area contributed by atoms with Crippen LogP contribution in [0.3, 0.4) is 0 Å². The van der Waals surface area contributed by atoms with E-state index in [4.69, 9.17) is 16.3 Å². The van der Waals surface area contributed by atoms with Crippen molar-refractivity contribution in [3.63, 3.8) is 0 Å². The second kappa shape index (κ2) is 5.85. The van der Waals surface area contributed by atoms with E-state index in [2.05, 4.69) is 4.98 Å². The monoisotopic (exact) mass is 275 g/mol. The summed E-state index contributed by atoms with van der Waals surface area (Å²) < 4.78 is 4.83. The fourth-order valence-electron chi connectivity index (χ4n) is 1.74. The van der Waals surface area contributed by atoms with E-state index in [1.807, 2.05) is 25.1 Å². The second-order valence-corrected chi connectivity index (χ2v) is 4.51. The summed E-state index contributed by atoms with van der Waals surface area (Å²) in [7, 11) is 0. The number of hydrogen-bond acceptors (Lipinski definition) is 3. The Morgan fingerprint density at radius 1 is 1.42 bits per heavy atom. The van der Waals surface area contributed by atoms with Crippen LogP contribution in [0.15, 0.2) is 30.3 Å². The Hall–Kier alpha value is -1.87. The van der Waals surface area contributed by atoms with Gasteiger partial charge in [0.15, 0.2) is 0 Å². The maximum absolute atomic E-state index is 11.3. The van der Waals surface area contributed by atoms with Gasteiger partial charge in [-0.15, -0.1) is 0 Å². The lowest BCUT2D eigenvalue weighted by molar-refractivity contribution is -0.137. The first kappa shape index (κ1) is 13.6. The summed E-state index contributed by atoms with van der Waals surface area (Å²) in [6.07, 6.45) is 3.03. The lowest BCUT2D eigenvalue weighted by atomic mass is 10.1. The molecule has 0 saturated carbocycles. The molecule has 19 heavy (non-hydrogen) atoms. The summed E-state index contributed by atoms with van der Waals surface area (Å²) in [6.45, 7) is 4.06. The van der Waals surface area contributed by atoms with Crippen LogP contribution in [-0.4, -0.2) is 17.6 Å². The molecule has 98 valence electrons. The Morgan fingerprint density at radius 3 is 2.95 bits per heavy atom. The van der Waals surface area contributed by atoms with Crippen LogP contribution >= 0.6 is 11.6 Å². The molecule has 1 heterocycles. The summed E-state index contributed by atoms with van der Waals surface area (Å²) in [5.74, 6) is -0.374. The number of nitrogens with zero attached hydrogens (tertiary/aromatic N) is 1. The molecule has 3 nitrogen and oxygen atoms in total. The highest BCUT2D eigenvalue weighted by Gasteiger charge is 2.03. The standard InChI is InChI=1S/C15H14ClNO2/c1-3-19-15(18)7-6-11-8-12-5-4-10(2)17-14(12)9-13(11)16/h4-9H,3H2,1-2H3/b7-6+. The van der Waals surface area contributed by atoms with E-state index < -0.39 is 0 Å². The number of benzene rings is 1. The van der Waals surface area contributed by atoms with E-state index in [1.165, 1.54) is 6.08 Å². The molecule has 0 N–H and O–H groups in total. The Morgan fingerprint density at radius 2 is 2.21 bits per heavy atom. The lowest BCUT2D eigenvalue weighted by Gasteiger charge is -2.03. The van der Waals surface area contributed by atoms with Gasteiger partial charge in [0.1, 0.15) is 0 Å². The van der Waals surface area contributed by atoms with Crippen molar-refractivity contribution in [2.75, 3.05) is 6.61 Å². The van der Waals surface area contributed by atoms with Crippen molar-refractivity contribution in [1.82, 2.24) is 4.98 Å². The van der Waals surface area contributed by atoms with Gasteiger partial charge in [0.2, 0.25) is 0 Å². The van der Waals surface area contributed by atoms with Crippen molar-refractivity contribution in [2.45, 2.75) is 13.8 Å². The second-order valence-electron chi connectivity index (χ2n) is 4.10. The molecule has 4 heteroatoms. The molecule has 0 aliphatic rings. The first-order chi connectivity index (χ1) is 9.10. The fourth-order valence-corrected chi connectivity index (χ4v) is 1.96. The molecule has 0 saturated heterocycles. The molecule has 0 aliphatic carbocycles. The molecule has 0 spiro atoms. The number of halogens is 1. The van der Waals surface area contributed by atoms with Gasteiger partial charge in [-0.25, -0.2) is 4.79 Å². The molecule has 0 radical (unpaired) electrons. The van der Waals surface area contributed by atoms with Crippen molar-refractivity contribution in [1.29, 1.82) is 0 Å². The highest BCUT2D eigenvalue weighted by Crippen LogP contribution is 2.24. The van der Waals surface area contributed by atoms with Crippen LogP contribution in [0.5, 0.6) is 0 Å². The normalized spacial score (nSPS) is 11.1. The quantitative estimate of drug-likeness (QED) is 0.632. The summed E-state index contributed by atoms with van der Waals surface area (Å²) in [5, 5.41) is 1.55. The van der Waals surface area contributed by atoms with Crippen LogP contribution in [0.1, 0.15) is 18.2 Å². The van der Waals surface area contributed by atoms with E-state index >= 15 is 0 Å². The zero-order valence-corrected chi connectivity index (χ0v) is 11.6. The third-order valence-corrected chi connectivity index (χ3v) is 2.96. The summed E-state index contributed by atoms with van der Waals surface area (Å²) in [4.78, 5) is 15.7. The number of fused-ring (bicyclic) bond motifs is 1. The number of hydrogen-bond donors (Lipinski definition) is 0. The van der Waals surface area contributed by atoms with Crippen molar-refractivity contribution >= 4 is 34.5 Å². The van der Waals surface area contributed by atoms with Crippen LogP contribution in [0, 0.1) is 6.92 Å². The first-order valence-corrected chi connectivity index (χ1v) is 6.39. The van der Waals surface area contributed by atoms with Crippen LogP contribution in [-0.2, 0) is 9.53 Å². The van der Waals surface area contributed by atoms with Gasteiger partial charge < -0.3 is 4.74 Å². The lowest BCUT2D eigenvalue weighted by Crippen LogP contribution is -1.98. The van der Waals surface area contributed by atoms with Gasteiger partial charge in [-0.3, -0.25) is 4.98 Å². The van der Waals surface area contributed by atoms with Crippen LogP contribution in [0.4, 0.5) is 0 Å². The van der Waals surface area contributed by atoms with Crippen molar-refractivity contribution in [3.05, 3.63) is 46.6 Å². The Labute approximate surface area is 116 Å². The minimum Gasteiger partial charge on any atom is -0.463 e. The van der Waals surface area contributed by atoms with Gasteiger partial charge >= 0.3 is 5.97 Å². The molecular weight excluding hydrogens is 262 g/mol. The smallest absolute Gasteiger partial charge is 0.330 e. The Bertz CT molecular complexity index is 650. The number of aryl methyl sites for hydroxylation is 1. The third-order valence-electron chi connectivity index (χ3n) is 2.63. The largest absolute Gasteiger partial charge is 0.463 e. The van der Waals surface area contributed by atoms with Gasteiger partial charge in [0.25, 0.3) is 0 Å². The molecule has 0 bridgehead atoms. The van der Waals surface area contributed by atoms with Gasteiger partial charge in [0, 0.05) is 22.2 Å². The first-order valence-electron chi connectivity index (χ1n) is 6.02. The number of carbonyl (C=O) groups is 1.